The molecule has 0 aliphatic carbocycles. The van der Waals surface area contributed by atoms with Crippen molar-refractivity contribution < 1.29 is 0 Å². The van der Waals surface area contributed by atoms with Gasteiger partial charge in [-0.2, -0.15) is 5.26 Å². The molecule has 0 spiro atoms. The molecule has 2 rings (SSSR count). The van der Waals surface area contributed by atoms with E-state index < -0.39 is 0 Å². The van der Waals surface area contributed by atoms with Gasteiger partial charge >= 0.3 is 0 Å². The predicted molar refractivity (Wildman–Crippen MR) is 68.7 cm³/mol. The molecular weight excluding hydrogens is 210 g/mol. The van der Waals surface area contributed by atoms with Gasteiger partial charge in [0, 0.05) is 13.1 Å². The van der Waals surface area contributed by atoms with Crippen LogP contribution in [0, 0.1) is 22.7 Å². The molecule has 0 aromatic carbocycles. The Kier molecular flexibility index (Phi) is 3.06. The van der Waals surface area contributed by atoms with Gasteiger partial charge in [-0.25, -0.2) is 4.98 Å². The normalized spacial score (nSPS) is 20.4. The van der Waals surface area contributed by atoms with Gasteiger partial charge in [0.1, 0.15) is 11.8 Å². The van der Waals surface area contributed by atoms with Crippen LogP contribution in [0.15, 0.2) is 18.3 Å². The molecule has 0 bridgehead atoms. The minimum atomic E-state index is 0.370. The van der Waals surface area contributed by atoms with Crippen LogP contribution in [-0.4, -0.2) is 18.1 Å². The second-order valence-corrected chi connectivity index (χ2v) is 5.81. The zero-order valence-electron chi connectivity index (χ0n) is 10.8. The van der Waals surface area contributed by atoms with Crippen molar-refractivity contribution in [3.63, 3.8) is 0 Å². The van der Waals surface area contributed by atoms with Crippen LogP contribution in [-0.2, 0) is 0 Å². The summed E-state index contributed by atoms with van der Waals surface area (Å²) in [5.74, 6) is 0.734. The summed E-state index contributed by atoms with van der Waals surface area (Å²) >= 11 is 0. The number of hydrogen-bond donors (Lipinski definition) is 0. The summed E-state index contributed by atoms with van der Waals surface area (Å²) < 4.78 is 0. The Morgan fingerprint density at radius 1 is 1.41 bits per heavy atom. The van der Waals surface area contributed by atoms with Gasteiger partial charge in [0.25, 0.3) is 0 Å². The molecule has 3 nitrogen and oxygen atoms in total. The van der Waals surface area contributed by atoms with Gasteiger partial charge in [0.05, 0.1) is 11.9 Å². The summed E-state index contributed by atoms with van der Waals surface area (Å²) in [6, 6.07) is 5.84. The van der Waals surface area contributed by atoms with Gasteiger partial charge in [-0.15, -0.1) is 0 Å². The van der Waals surface area contributed by atoms with Crippen LogP contribution in [0.25, 0.3) is 0 Å². The molecule has 1 unspecified atom stereocenters. The predicted octanol–water partition coefficient (Wildman–Crippen LogP) is 2.83. The average molecular weight is 229 g/mol. The monoisotopic (exact) mass is 229 g/mol. The SMILES string of the molecule is CC(C)(C)C1CCN(c2ccc(C#N)nc2)C1. The second-order valence-electron chi connectivity index (χ2n) is 5.81. The van der Waals surface area contributed by atoms with Crippen molar-refractivity contribution in [2.24, 2.45) is 11.3 Å². The quantitative estimate of drug-likeness (QED) is 0.743. The summed E-state index contributed by atoms with van der Waals surface area (Å²) in [6.45, 7) is 9.10. The maximum Gasteiger partial charge on any atom is 0.140 e. The van der Waals surface area contributed by atoms with E-state index in [2.05, 4.69) is 30.7 Å². The lowest BCUT2D eigenvalue weighted by molar-refractivity contribution is 0.263. The zero-order valence-corrected chi connectivity index (χ0v) is 10.8. The molecule has 3 heteroatoms. The fraction of sp³-hybridized carbons (Fsp3) is 0.571. The lowest BCUT2D eigenvalue weighted by atomic mass is 9.80. The van der Waals surface area contributed by atoms with E-state index in [4.69, 9.17) is 5.26 Å². The number of nitriles is 1. The third-order valence-corrected chi connectivity index (χ3v) is 3.64. The summed E-state index contributed by atoms with van der Waals surface area (Å²) in [5, 5.41) is 8.72. The maximum absolute atomic E-state index is 8.72. The lowest BCUT2D eigenvalue weighted by Gasteiger charge is -2.27. The van der Waals surface area contributed by atoms with Gasteiger partial charge in [-0.1, -0.05) is 20.8 Å². The maximum atomic E-state index is 8.72. The molecule has 1 aromatic heterocycles. The topological polar surface area (TPSA) is 39.9 Å². The molecule has 2 heterocycles. The lowest BCUT2D eigenvalue weighted by Crippen LogP contribution is -2.25. The fourth-order valence-corrected chi connectivity index (χ4v) is 2.34. The smallest absolute Gasteiger partial charge is 0.140 e. The molecule has 90 valence electrons. The van der Waals surface area contributed by atoms with Crippen LogP contribution in [0.3, 0.4) is 0 Å². The largest absolute Gasteiger partial charge is 0.370 e. The second kappa shape index (κ2) is 4.37. The first-order valence-corrected chi connectivity index (χ1v) is 6.12. The van der Waals surface area contributed by atoms with E-state index in [-0.39, 0.29) is 0 Å². The standard InChI is InChI=1S/C14H19N3/c1-14(2,3)11-6-7-17(10-11)13-5-4-12(8-15)16-9-13/h4-5,9,11H,6-7,10H2,1-3H3. The van der Waals surface area contributed by atoms with Crippen LogP contribution in [0.2, 0.25) is 0 Å². The highest BCUT2D eigenvalue weighted by molar-refractivity contribution is 5.46. The van der Waals surface area contributed by atoms with E-state index in [9.17, 15) is 0 Å². The van der Waals surface area contributed by atoms with Gasteiger partial charge in [-0.05, 0) is 29.9 Å². The van der Waals surface area contributed by atoms with Crippen LogP contribution >= 0.6 is 0 Å². The van der Waals surface area contributed by atoms with Crippen molar-refractivity contribution in [3.8, 4) is 6.07 Å². The van der Waals surface area contributed by atoms with Crippen LogP contribution in [0.5, 0.6) is 0 Å². The van der Waals surface area contributed by atoms with Crippen molar-refractivity contribution in [1.82, 2.24) is 4.98 Å². The number of rotatable bonds is 1. The highest BCUT2D eigenvalue weighted by atomic mass is 15.2. The third-order valence-electron chi connectivity index (χ3n) is 3.64. The van der Waals surface area contributed by atoms with E-state index in [0.29, 0.717) is 11.1 Å². The van der Waals surface area contributed by atoms with Gasteiger partial charge < -0.3 is 4.90 Å². The van der Waals surface area contributed by atoms with E-state index in [0.717, 1.165) is 24.7 Å². The summed E-state index contributed by atoms with van der Waals surface area (Å²) in [6.07, 6.45) is 3.05. The highest BCUT2D eigenvalue weighted by Crippen LogP contribution is 2.35. The molecule has 0 saturated carbocycles. The molecule has 0 N–H and O–H groups in total. The average Bonchev–Trinajstić information content (AvgIpc) is 2.78. The summed E-state index contributed by atoms with van der Waals surface area (Å²) in [5.41, 5.74) is 1.99. The van der Waals surface area contributed by atoms with Crippen molar-refractivity contribution in [3.05, 3.63) is 24.0 Å². The van der Waals surface area contributed by atoms with Crippen molar-refractivity contribution in [2.45, 2.75) is 27.2 Å². The Hall–Kier alpha value is -1.56. The first kappa shape index (κ1) is 11.9. The van der Waals surface area contributed by atoms with Gasteiger partial charge in [0.2, 0.25) is 0 Å². The minimum absolute atomic E-state index is 0.370. The summed E-state index contributed by atoms with van der Waals surface area (Å²) in [7, 11) is 0. The Morgan fingerprint density at radius 3 is 2.65 bits per heavy atom. The van der Waals surface area contributed by atoms with Crippen molar-refractivity contribution in [1.29, 1.82) is 5.26 Å². The highest BCUT2D eigenvalue weighted by Gasteiger charge is 2.31. The van der Waals surface area contributed by atoms with Crippen molar-refractivity contribution >= 4 is 5.69 Å². The van der Waals surface area contributed by atoms with E-state index >= 15 is 0 Å². The molecule has 1 fully saturated rings. The number of aromatic nitrogens is 1. The Bertz CT molecular complexity index is 422. The van der Waals surface area contributed by atoms with Crippen LogP contribution < -0.4 is 4.90 Å². The van der Waals surface area contributed by atoms with Crippen molar-refractivity contribution in [2.75, 3.05) is 18.0 Å². The molecule has 1 aliphatic heterocycles. The number of pyridine rings is 1. The molecular formula is C14H19N3. The van der Waals surface area contributed by atoms with Gasteiger partial charge in [0.15, 0.2) is 0 Å². The Morgan fingerprint density at radius 2 is 2.18 bits per heavy atom. The zero-order chi connectivity index (χ0) is 12.5. The number of hydrogen-bond acceptors (Lipinski definition) is 3. The molecule has 0 radical (unpaired) electrons. The van der Waals surface area contributed by atoms with Crippen LogP contribution in [0.4, 0.5) is 5.69 Å². The van der Waals surface area contributed by atoms with E-state index in [1.54, 1.807) is 6.07 Å². The summed E-state index contributed by atoms with van der Waals surface area (Å²) in [4.78, 5) is 6.49. The minimum Gasteiger partial charge on any atom is -0.370 e. The van der Waals surface area contributed by atoms with E-state index in [1.807, 2.05) is 18.3 Å². The number of anilines is 1. The Labute approximate surface area is 103 Å². The molecule has 1 aromatic rings. The molecule has 0 amide bonds. The molecule has 1 saturated heterocycles. The molecule has 17 heavy (non-hydrogen) atoms. The first-order chi connectivity index (χ1) is 8.00. The van der Waals surface area contributed by atoms with Crippen LogP contribution in [0.1, 0.15) is 32.9 Å². The number of nitrogens with zero attached hydrogens (tertiary/aromatic N) is 3. The first-order valence-electron chi connectivity index (χ1n) is 6.12. The molecule has 1 aliphatic rings. The van der Waals surface area contributed by atoms with E-state index in [1.165, 1.54) is 6.42 Å². The fourth-order valence-electron chi connectivity index (χ4n) is 2.34. The van der Waals surface area contributed by atoms with Gasteiger partial charge in [-0.3, -0.25) is 0 Å². The molecule has 1 atom stereocenters. The third kappa shape index (κ3) is 2.58. The Balaban J connectivity index is 2.08.